The van der Waals surface area contributed by atoms with Gasteiger partial charge in [-0.2, -0.15) is 5.10 Å². The molecule has 4 rings (SSSR count). The first-order valence-corrected chi connectivity index (χ1v) is 7.92. The lowest BCUT2D eigenvalue weighted by atomic mass is 10.1. The van der Waals surface area contributed by atoms with Crippen LogP contribution in [0.4, 0.5) is 5.69 Å². The van der Waals surface area contributed by atoms with Gasteiger partial charge in [0.15, 0.2) is 11.5 Å². The van der Waals surface area contributed by atoms with Crippen LogP contribution >= 0.6 is 23.2 Å². The molecule has 9 heteroatoms. The number of hydrogen-bond acceptors (Lipinski definition) is 5. The van der Waals surface area contributed by atoms with Crippen LogP contribution in [0.25, 0.3) is 5.69 Å². The Balaban J connectivity index is 1.68. The average Bonchev–Trinajstić information content (AvgIpc) is 3.26. The van der Waals surface area contributed by atoms with Gasteiger partial charge in [-0.3, -0.25) is 4.79 Å². The molecule has 0 fully saturated rings. The first-order valence-electron chi connectivity index (χ1n) is 7.17. The Hall–Kier alpha value is -2.77. The number of halogens is 2. The lowest BCUT2D eigenvalue weighted by molar-refractivity contribution is 0.102. The summed E-state index contributed by atoms with van der Waals surface area (Å²) in [7, 11) is 0. The normalized spacial score (nSPS) is 12.2. The minimum absolute atomic E-state index is 0.0743. The number of rotatable bonds is 3. The monoisotopic (exact) mass is 376 g/mol. The van der Waals surface area contributed by atoms with Crippen molar-refractivity contribution in [3.63, 3.8) is 0 Å². The van der Waals surface area contributed by atoms with E-state index >= 15 is 0 Å². The molecule has 1 aliphatic rings. The van der Waals surface area contributed by atoms with Gasteiger partial charge in [-0.05, 0) is 30.3 Å². The van der Waals surface area contributed by atoms with Gasteiger partial charge in [-0.25, -0.2) is 9.67 Å². The van der Waals surface area contributed by atoms with Crippen LogP contribution in [0, 0.1) is 0 Å². The molecule has 1 N–H and O–H groups in total. The van der Waals surface area contributed by atoms with Crippen molar-refractivity contribution in [3.8, 4) is 17.2 Å². The van der Waals surface area contributed by atoms with Crippen LogP contribution < -0.4 is 14.8 Å². The highest BCUT2D eigenvalue weighted by molar-refractivity contribution is 6.33. The molecule has 25 heavy (non-hydrogen) atoms. The molecular formula is C16H10Cl2N4O3. The summed E-state index contributed by atoms with van der Waals surface area (Å²) in [4.78, 5) is 16.6. The number of hydrogen-bond donors (Lipinski definition) is 1. The summed E-state index contributed by atoms with van der Waals surface area (Å²) < 4.78 is 12.1. The van der Waals surface area contributed by atoms with E-state index in [-0.39, 0.29) is 12.7 Å². The quantitative estimate of drug-likeness (QED) is 0.755. The smallest absolute Gasteiger partial charge is 0.255 e. The summed E-state index contributed by atoms with van der Waals surface area (Å²) in [5, 5.41) is 7.66. The second-order valence-electron chi connectivity index (χ2n) is 5.15. The molecule has 0 unspecified atom stereocenters. The van der Waals surface area contributed by atoms with Crippen LogP contribution in [0.15, 0.2) is 43.0 Å². The second-order valence-corrected chi connectivity index (χ2v) is 5.99. The van der Waals surface area contributed by atoms with Crippen molar-refractivity contribution < 1.29 is 14.3 Å². The van der Waals surface area contributed by atoms with Crippen molar-refractivity contribution in [1.82, 2.24) is 14.8 Å². The minimum Gasteiger partial charge on any atom is -0.454 e. The Bertz CT molecular complexity index is 960. The molecule has 1 amide bonds. The number of fused-ring (bicyclic) bond motifs is 1. The van der Waals surface area contributed by atoms with Gasteiger partial charge in [0.2, 0.25) is 6.79 Å². The lowest BCUT2D eigenvalue weighted by Gasteiger charge is -2.12. The average molecular weight is 377 g/mol. The number of carbonyl (C=O) groups is 1. The topological polar surface area (TPSA) is 78.3 Å². The van der Waals surface area contributed by atoms with Crippen molar-refractivity contribution in [2.75, 3.05) is 12.1 Å². The Morgan fingerprint density at radius 1 is 1.20 bits per heavy atom. The predicted octanol–water partition coefficient (Wildman–Crippen LogP) is 3.56. The highest BCUT2D eigenvalue weighted by Crippen LogP contribution is 2.40. The number of aromatic nitrogens is 3. The number of amides is 1. The van der Waals surface area contributed by atoms with Crippen molar-refractivity contribution in [2.45, 2.75) is 0 Å². The van der Waals surface area contributed by atoms with Gasteiger partial charge in [0, 0.05) is 10.6 Å². The molecule has 3 aromatic rings. The molecule has 0 bridgehead atoms. The zero-order chi connectivity index (χ0) is 17.4. The summed E-state index contributed by atoms with van der Waals surface area (Å²) in [6.07, 6.45) is 2.92. The standard InChI is InChI=1S/C16H10Cl2N4O3/c17-10-1-2-13(22-7-19-6-20-22)12(5-10)21-16(23)9-3-11(18)15-14(4-9)24-8-25-15/h1-7H,8H2,(H,21,23). The molecular weight excluding hydrogens is 367 g/mol. The first kappa shape index (κ1) is 15.7. The lowest BCUT2D eigenvalue weighted by Crippen LogP contribution is -2.14. The molecule has 0 aliphatic carbocycles. The van der Waals surface area contributed by atoms with Crippen LogP contribution in [0.1, 0.15) is 10.4 Å². The predicted molar refractivity (Wildman–Crippen MR) is 91.9 cm³/mol. The van der Waals surface area contributed by atoms with Crippen LogP contribution in [-0.4, -0.2) is 27.5 Å². The van der Waals surface area contributed by atoms with Gasteiger partial charge < -0.3 is 14.8 Å². The van der Waals surface area contributed by atoms with Crippen LogP contribution in [0.5, 0.6) is 11.5 Å². The van der Waals surface area contributed by atoms with E-state index in [1.165, 1.54) is 23.4 Å². The molecule has 2 heterocycles. The fourth-order valence-electron chi connectivity index (χ4n) is 2.43. The van der Waals surface area contributed by atoms with Crippen molar-refractivity contribution in [2.24, 2.45) is 0 Å². The largest absolute Gasteiger partial charge is 0.454 e. The molecule has 126 valence electrons. The zero-order valence-corrected chi connectivity index (χ0v) is 14.1. The number of ether oxygens (including phenoxy) is 2. The molecule has 7 nitrogen and oxygen atoms in total. The highest BCUT2D eigenvalue weighted by atomic mass is 35.5. The van der Waals surface area contributed by atoms with E-state index in [4.69, 9.17) is 32.7 Å². The van der Waals surface area contributed by atoms with Gasteiger partial charge in [0.05, 0.1) is 16.4 Å². The number of nitrogens with one attached hydrogen (secondary N) is 1. The van der Waals surface area contributed by atoms with Gasteiger partial charge in [0.25, 0.3) is 5.91 Å². The van der Waals surface area contributed by atoms with Crippen LogP contribution in [-0.2, 0) is 0 Å². The Kier molecular flexibility index (Phi) is 3.95. The third kappa shape index (κ3) is 2.99. The van der Waals surface area contributed by atoms with Crippen LogP contribution in [0.3, 0.4) is 0 Å². The molecule has 0 atom stereocenters. The third-order valence-electron chi connectivity index (χ3n) is 3.56. The van der Waals surface area contributed by atoms with E-state index in [0.717, 1.165) is 0 Å². The number of carbonyl (C=O) groups excluding carboxylic acids is 1. The SMILES string of the molecule is O=C(Nc1cc(Cl)ccc1-n1cncn1)c1cc(Cl)c2c(c1)OCO2. The summed E-state index contributed by atoms with van der Waals surface area (Å²) in [5.74, 6) is 0.494. The first-order chi connectivity index (χ1) is 12.1. The van der Waals surface area contributed by atoms with E-state index in [9.17, 15) is 4.79 Å². The van der Waals surface area contributed by atoms with Crippen LogP contribution in [0.2, 0.25) is 10.0 Å². The van der Waals surface area contributed by atoms with E-state index in [2.05, 4.69) is 15.4 Å². The maximum absolute atomic E-state index is 12.6. The summed E-state index contributed by atoms with van der Waals surface area (Å²) >= 11 is 12.2. The number of anilines is 1. The van der Waals surface area contributed by atoms with Gasteiger partial charge in [-0.15, -0.1) is 0 Å². The molecule has 0 radical (unpaired) electrons. The van der Waals surface area contributed by atoms with Gasteiger partial charge >= 0.3 is 0 Å². The van der Waals surface area contributed by atoms with E-state index in [1.54, 1.807) is 24.3 Å². The highest BCUT2D eigenvalue weighted by Gasteiger charge is 2.21. The summed E-state index contributed by atoms with van der Waals surface area (Å²) in [6.45, 7) is 0.0743. The maximum Gasteiger partial charge on any atom is 0.255 e. The summed E-state index contributed by atoms with van der Waals surface area (Å²) in [6, 6.07) is 8.16. The number of benzene rings is 2. The summed E-state index contributed by atoms with van der Waals surface area (Å²) in [5.41, 5.74) is 1.44. The zero-order valence-electron chi connectivity index (χ0n) is 12.6. The maximum atomic E-state index is 12.6. The minimum atomic E-state index is -0.371. The molecule has 2 aromatic carbocycles. The molecule has 1 aliphatic heterocycles. The molecule has 0 saturated carbocycles. The second kappa shape index (κ2) is 6.27. The van der Waals surface area contributed by atoms with Crippen molar-refractivity contribution in [1.29, 1.82) is 0 Å². The van der Waals surface area contributed by atoms with Crippen molar-refractivity contribution in [3.05, 3.63) is 58.6 Å². The van der Waals surface area contributed by atoms with E-state index < -0.39 is 0 Å². The van der Waals surface area contributed by atoms with E-state index in [0.29, 0.717) is 38.5 Å². The Morgan fingerprint density at radius 2 is 2.08 bits per heavy atom. The number of nitrogens with zero attached hydrogens (tertiary/aromatic N) is 3. The molecule has 1 aromatic heterocycles. The van der Waals surface area contributed by atoms with Crippen molar-refractivity contribution >= 4 is 34.8 Å². The van der Waals surface area contributed by atoms with Gasteiger partial charge in [-0.1, -0.05) is 23.2 Å². The fourth-order valence-corrected chi connectivity index (χ4v) is 2.87. The molecule has 0 saturated heterocycles. The fraction of sp³-hybridized carbons (Fsp3) is 0.0625. The van der Waals surface area contributed by atoms with Gasteiger partial charge in [0.1, 0.15) is 12.7 Å². The molecule has 0 spiro atoms. The third-order valence-corrected chi connectivity index (χ3v) is 4.08. The Labute approximate surface area is 152 Å². The van der Waals surface area contributed by atoms with E-state index in [1.807, 2.05) is 0 Å². The Morgan fingerprint density at radius 3 is 2.88 bits per heavy atom.